The third-order valence-electron chi connectivity index (χ3n) is 4.16. The molecule has 0 aliphatic rings. The number of hydrogen-bond donors (Lipinski definition) is 3. The second-order valence-electron chi connectivity index (χ2n) is 6.61. The molecule has 0 heterocycles. The van der Waals surface area contributed by atoms with E-state index in [0.29, 0.717) is 19.0 Å². The van der Waals surface area contributed by atoms with Gasteiger partial charge in [-0.25, -0.2) is 8.78 Å². The van der Waals surface area contributed by atoms with Crippen molar-refractivity contribution in [3.8, 4) is 5.75 Å². The summed E-state index contributed by atoms with van der Waals surface area (Å²) in [5, 5.41) is 16.2. The highest BCUT2D eigenvalue weighted by atomic mass is 127. The molecule has 3 N–H and O–H groups in total. The van der Waals surface area contributed by atoms with Crippen LogP contribution in [0.5, 0.6) is 5.75 Å². The van der Waals surface area contributed by atoms with Crippen LogP contribution in [-0.2, 0) is 4.74 Å². The molecular weight excluding hydrogens is 519 g/mol. The Labute approximate surface area is 199 Å². The fourth-order valence-electron chi connectivity index (χ4n) is 2.59. The number of nitrogens with zero attached hydrogens (tertiary/aromatic N) is 1. The molecule has 0 amide bonds. The lowest BCUT2D eigenvalue weighted by atomic mass is 10.1. The van der Waals surface area contributed by atoms with Gasteiger partial charge in [-0.15, -0.1) is 24.0 Å². The normalized spacial score (nSPS) is 13.1. The minimum atomic E-state index is -0.754. The van der Waals surface area contributed by atoms with Crippen molar-refractivity contribution in [2.45, 2.75) is 26.1 Å². The SMILES string of the molecule is CCNC(=NCC(O)COC(C)c1ccccc1)NCCOc1ccc(F)cc1F.I. The number of guanidine groups is 1. The summed E-state index contributed by atoms with van der Waals surface area (Å²) in [5.74, 6) is -0.917. The van der Waals surface area contributed by atoms with Crippen LogP contribution in [0.15, 0.2) is 53.5 Å². The van der Waals surface area contributed by atoms with E-state index in [0.717, 1.165) is 17.7 Å². The van der Waals surface area contributed by atoms with E-state index in [1.165, 1.54) is 6.07 Å². The van der Waals surface area contributed by atoms with E-state index in [4.69, 9.17) is 9.47 Å². The van der Waals surface area contributed by atoms with Crippen LogP contribution in [-0.4, -0.2) is 50.0 Å². The van der Waals surface area contributed by atoms with Gasteiger partial charge in [0.15, 0.2) is 17.5 Å². The van der Waals surface area contributed by atoms with Gasteiger partial charge in [-0.05, 0) is 31.5 Å². The molecule has 31 heavy (non-hydrogen) atoms. The Morgan fingerprint density at radius 1 is 1.13 bits per heavy atom. The van der Waals surface area contributed by atoms with E-state index >= 15 is 0 Å². The largest absolute Gasteiger partial charge is 0.489 e. The Morgan fingerprint density at radius 3 is 2.55 bits per heavy atom. The smallest absolute Gasteiger partial charge is 0.191 e. The van der Waals surface area contributed by atoms with Crippen molar-refractivity contribution in [3.05, 3.63) is 65.7 Å². The Hall–Kier alpha value is -1.98. The quantitative estimate of drug-likeness (QED) is 0.173. The minimum absolute atomic E-state index is 0. The number of aliphatic hydroxyl groups is 1. The number of aliphatic hydroxyl groups excluding tert-OH is 1. The predicted molar refractivity (Wildman–Crippen MR) is 128 cm³/mol. The van der Waals surface area contributed by atoms with E-state index in [9.17, 15) is 13.9 Å². The van der Waals surface area contributed by atoms with E-state index < -0.39 is 17.7 Å². The Kier molecular flexibility index (Phi) is 13.0. The van der Waals surface area contributed by atoms with Crippen LogP contribution in [0, 0.1) is 11.6 Å². The average molecular weight is 549 g/mol. The zero-order valence-electron chi connectivity index (χ0n) is 17.7. The van der Waals surface area contributed by atoms with Gasteiger partial charge in [-0.2, -0.15) is 0 Å². The van der Waals surface area contributed by atoms with Crippen LogP contribution in [0.25, 0.3) is 0 Å². The maximum atomic E-state index is 13.5. The predicted octanol–water partition coefficient (Wildman–Crippen LogP) is 3.66. The molecule has 9 heteroatoms. The number of aliphatic imine (C=N–C) groups is 1. The second-order valence-corrected chi connectivity index (χ2v) is 6.61. The summed E-state index contributed by atoms with van der Waals surface area (Å²) in [6, 6.07) is 12.9. The van der Waals surface area contributed by atoms with Crippen LogP contribution in [0.2, 0.25) is 0 Å². The second kappa shape index (κ2) is 14.9. The third kappa shape index (κ3) is 10.3. The van der Waals surface area contributed by atoms with Gasteiger partial charge < -0.3 is 25.2 Å². The number of nitrogens with one attached hydrogen (secondary N) is 2. The number of hydrogen-bond acceptors (Lipinski definition) is 4. The van der Waals surface area contributed by atoms with Crippen LogP contribution < -0.4 is 15.4 Å². The van der Waals surface area contributed by atoms with Crippen molar-refractivity contribution in [2.24, 2.45) is 4.99 Å². The van der Waals surface area contributed by atoms with Gasteiger partial charge >= 0.3 is 0 Å². The topological polar surface area (TPSA) is 75.1 Å². The summed E-state index contributed by atoms with van der Waals surface area (Å²) in [4.78, 5) is 4.32. The maximum Gasteiger partial charge on any atom is 0.191 e. The van der Waals surface area contributed by atoms with Crippen LogP contribution in [0.1, 0.15) is 25.5 Å². The maximum absolute atomic E-state index is 13.5. The highest BCUT2D eigenvalue weighted by Crippen LogP contribution is 2.17. The molecular formula is C22H30F2IN3O3. The minimum Gasteiger partial charge on any atom is -0.489 e. The Balaban J connectivity index is 0.00000480. The molecule has 0 aliphatic carbocycles. The molecule has 0 bridgehead atoms. The van der Waals surface area contributed by atoms with Crippen molar-refractivity contribution in [2.75, 3.05) is 32.8 Å². The van der Waals surface area contributed by atoms with Crippen molar-refractivity contribution in [1.82, 2.24) is 10.6 Å². The van der Waals surface area contributed by atoms with Crippen molar-refractivity contribution in [1.29, 1.82) is 0 Å². The van der Waals surface area contributed by atoms with Gasteiger partial charge in [0, 0.05) is 12.6 Å². The van der Waals surface area contributed by atoms with Crippen LogP contribution in [0.3, 0.4) is 0 Å². The molecule has 0 aromatic heterocycles. The van der Waals surface area contributed by atoms with Crippen LogP contribution in [0.4, 0.5) is 8.78 Å². The first-order valence-electron chi connectivity index (χ1n) is 9.94. The molecule has 0 saturated heterocycles. The fourth-order valence-corrected chi connectivity index (χ4v) is 2.59. The van der Waals surface area contributed by atoms with E-state index in [1.54, 1.807) is 0 Å². The van der Waals surface area contributed by atoms with E-state index in [-0.39, 0.29) is 55.6 Å². The molecule has 172 valence electrons. The molecule has 0 fully saturated rings. The summed E-state index contributed by atoms with van der Waals surface area (Å²) in [6.45, 7) is 5.31. The average Bonchev–Trinajstić information content (AvgIpc) is 2.75. The molecule has 2 unspecified atom stereocenters. The molecule has 2 rings (SSSR count). The van der Waals surface area contributed by atoms with Crippen molar-refractivity contribution in [3.63, 3.8) is 0 Å². The lowest BCUT2D eigenvalue weighted by molar-refractivity contribution is 0.00111. The number of benzene rings is 2. The summed E-state index contributed by atoms with van der Waals surface area (Å²) in [6.07, 6.45) is -0.878. The van der Waals surface area contributed by atoms with Gasteiger partial charge in [-0.1, -0.05) is 30.3 Å². The van der Waals surface area contributed by atoms with Gasteiger partial charge in [-0.3, -0.25) is 4.99 Å². The number of ether oxygens (including phenoxy) is 2. The molecule has 0 spiro atoms. The first-order chi connectivity index (χ1) is 14.5. The summed E-state index contributed by atoms with van der Waals surface area (Å²) < 4.78 is 37.4. The van der Waals surface area contributed by atoms with Gasteiger partial charge in [0.2, 0.25) is 0 Å². The number of rotatable bonds is 11. The standard InChI is InChI=1S/C22H29F2N3O3.HI/c1-3-25-22(26-11-12-29-21-10-9-18(23)13-20(21)24)27-14-19(28)15-30-16(2)17-7-5-4-6-8-17;/h4-10,13,16,19,28H,3,11-12,14-15H2,1-2H3,(H2,25,26,27);1H. The Morgan fingerprint density at radius 2 is 1.87 bits per heavy atom. The number of halogens is 3. The molecule has 2 aromatic carbocycles. The zero-order chi connectivity index (χ0) is 21.8. The first kappa shape index (κ1) is 27.1. The van der Waals surface area contributed by atoms with E-state index in [1.807, 2.05) is 44.2 Å². The van der Waals surface area contributed by atoms with Gasteiger partial charge in [0.05, 0.1) is 31.9 Å². The summed E-state index contributed by atoms with van der Waals surface area (Å²) in [5.41, 5.74) is 1.04. The van der Waals surface area contributed by atoms with E-state index in [2.05, 4.69) is 15.6 Å². The monoisotopic (exact) mass is 549 g/mol. The highest BCUT2D eigenvalue weighted by molar-refractivity contribution is 14.0. The lowest BCUT2D eigenvalue weighted by Crippen LogP contribution is -2.40. The molecule has 2 aromatic rings. The highest BCUT2D eigenvalue weighted by Gasteiger charge is 2.10. The van der Waals surface area contributed by atoms with Crippen LogP contribution >= 0.6 is 24.0 Å². The Bertz CT molecular complexity index is 797. The summed E-state index contributed by atoms with van der Waals surface area (Å²) >= 11 is 0. The molecule has 6 nitrogen and oxygen atoms in total. The fraction of sp³-hybridized carbons (Fsp3) is 0.409. The molecule has 0 aliphatic heterocycles. The van der Waals surface area contributed by atoms with Gasteiger partial charge in [0.25, 0.3) is 0 Å². The molecule has 0 saturated carbocycles. The first-order valence-corrected chi connectivity index (χ1v) is 9.94. The zero-order valence-corrected chi connectivity index (χ0v) is 20.0. The van der Waals surface area contributed by atoms with Crippen molar-refractivity contribution >= 4 is 29.9 Å². The van der Waals surface area contributed by atoms with Gasteiger partial charge in [0.1, 0.15) is 12.4 Å². The molecule has 0 radical (unpaired) electrons. The molecule has 2 atom stereocenters. The van der Waals surface area contributed by atoms with Crippen molar-refractivity contribution < 1.29 is 23.4 Å². The third-order valence-corrected chi connectivity index (χ3v) is 4.16. The lowest BCUT2D eigenvalue weighted by Gasteiger charge is -2.17. The summed E-state index contributed by atoms with van der Waals surface area (Å²) in [7, 11) is 0.